The third kappa shape index (κ3) is 2.63. The molecule has 1 N–H and O–H groups in total. The summed E-state index contributed by atoms with van der Waals surface area (Å²) in [7, 11) is 0. The molecule has 0 aliphatic carbocycles. The molecule has 0 atom stereocenters. The van der Waals surface area contributed by atoms with E-state index in [1.54, 1.807) is 36.4 Å². The van der Waals surface area contributed by atoms with Crippen molar-refractivity contribution >= 4 is 27.3 Å². The van der Waals surface area contributed by atoms with E-state index in [-0.39, 0.29) is 5.82 Å². The highest BCUT2D eigenvalue weighted by Gasteiger charge is 2.06. The van der Waals surface area contributed by atoms with E-state index in [1.807, 2.05) is 6.07 Å². The highest BCUT2D eigenvalue weighted by Crippen LogP contribution is 2.28. The lowest BCUT2D eigenvalue weighted by molar-refractivity contribution is 0.631. The average molecular weight is 291 g/mol. The largest absolute Gasteiger partial charge is 0.352 e. The molecule has 0 radical (unpaired) electrons. The molecular weight excluding hydrogens is 283 g/mol. The minimum atomic E-state index is -0.330. The second-order valence-corrected chi connectivity index (χ2v) is 4.27. The van der Waals surface area contributed by atoms with Gasteiger partial charge in [-0.05, 0) is 52.3 Å². The Labute approximate surface area is 107 Å². The van der Waals surface area contributed by atoms with Gasteiger partial charge < -0.3 is 5.32 Å². The Hall–Kier alpha value is -1.86. The van der Waals surface area contributed by atoms with Crippen LogP contribution >= 0.6 is 15.9 Å². The third-order valence-electron chi connectivity index (χ3n) is 2.25. The van der Waals surface area contributed by atoms with Gasteiger partial charge in [-0.3, -0.25) is 0 Å². The fourth-order valence-corrected chi connectivity index (χ4v) is 1.83. The quantitative estimate of drug-likeness (QED) is 0.900. The Bertz CT molecular complexity index is 553. The van der Waals surface area contributed by atoms with Crippen LogP contribution in [0.15, 0.2) is 46.9 Å². The van der Waals surface area contributed by atoms with Crippen molar-refractivity contribution < 1.29 is 4.39 Å². The number of nitriles is 1. The number of hydrogen-bond acceptors (Lipinski definition) is 2. The SMILES string of the molecule is N#Cc1ccc(Nc2c(F)cccc2Br)cc1. The molecule has 84 valence electrons. The molecule has 2 aromatic carbocycles. The molecular formula is C13H8BrFN2. The van der Waals surface area contributed by atoms with E-state index in [0.717, 1.165) is 5.69 Å². The van der Waals surface area contributed by atoms with E-state index in [2.05, 4.69) is 21.2 Å². The topological polar surface area (TPSA) is 35.8 Å². The molecule has 0 fully saturated rings. The summed E-state index contributed by atoms with van der Waals surface area (Å²) in [5, 5.41) is 11.6. The third-order valence-corrected chi connectivity index (χ3v) is 2.91. The molecule has 0 aromatic heterocycles. The maximum Gasteiger partial charge on any atom is 0.147 e. The number of benzene rings is 2. The van der Waals surface area contributed by atoms with Gasteiger partial charge in [-0.1, -0.05) is 6.07 Å². The second-order valence-electron chi connectivity index (χ2n) is 3.41. The maximum atomic E-state index is 13.5. The van der Waals surface area contributed by atoms with Crippen LogP contribution in [0.3, 0.4) is 0 Å². The molecule has 17 heavy (non-hydrogen) atoms. The first-order valence-corrected chi connectivity index (χ1v) is 5.71. The molecule has 0 saturated heterocycles. The number of hydrogen-bond donors (Lipinski definition) is 1. The van der Waals surface area contributed by atoms with Gasteiger partial charge in [-0.25, -0.2) is 4.39 Å². The lowest BCUT2D eigenvalue weighted by atomic mass is 10.2. The molecule has 0 saturated carbocycles. The molecule has 0 unspecified atom stereocenters. The normalized spacial score (nSPS) is 9.71. The van der Waals surface area contributed by atoms with Gasteiger partial charge in [0.1, 0.15) is 5.82 Å². The van der Waals surface area contributed by atoms with Crippen LogP contribution in [-0.4, -0.2) is 0 Å². The predicted molar refractivity (Wildman–Crippen MR) is 68.5 cm³/mol. The van der Waals surface area contributed by atoms with Crippen LogP contribution in [0.4, 0.5) is 15.8 Å². The summed E-state index contributed by atoms with van der Waals surface area (Å²) in [6, 6.07) is 13.6. The molecule has 4 heteroatoms. The Morgan fingerprint density at radius 3 is 2.41 bits per heavy atom. The molecule has 2 nitrogen and oxygen atoms in total. The predicted octanol–water partition coefficient (Wildman–Crippen LogP) is 4.20. The van der Waals surface area contributed by atoms with Crippen molar-refractivity contribution in [2.24, 2.45) is 0 Å². The van der Waals surface area contributed by atoms with Crippen molar-refractivity contribution in [2.45, 2.75) is 0 Å². The number of halogens is 2. The van der Waals surface area contributed by atoms with Crippen molar-refractivity contribution in [3.8, 4) is 6.07 Å². The van der Waals surface area contributed by atoms with Gasteiger partial charge in [-0.2, -0.15) is 5.26 Å². The minimum absolute atomic E-state index is 0.330. The lowest BCUT2D eigenvalue weighted by Crippen LogP contribution is -1.94. The van der Waals surface area contributed by atoms with E-state index >= 15 is 0 Å². The summed E-state index contributed by atoms with van der Waals surface area (Å²) in [4.78, 5) is 0. The van der Waals surface area contributed by atoms with Gasteiger partial charge in [0, 0.05) is 10.2 Å². The maximum absolute atomic E-state index is 13.5. The molecule has 2 aromatic rings. The lowest BCUT2D eigenvalue weighted by Gasteiger charge is -2.09. The van der Waals surface area contributed by atoms with Crippen molar-refractivity contribution in [3.63, 3.8) is 0 Å². The van der Waals surface area contributed by atoms with Gasteiger partial charge in [0.25, 0.3) is 0 Å². The number of para-hydroxylation sites is 1. The van der Waals surface area contributed by atoms with Crippen LogP contribution < -0.4 is 5.32 Å². The van der Waals surface area contributed by atoms with Crippen LogP contribution in [0.1, 0.15) is 5.56 Å². The summed E-state index contributed by atoms with van der Waals surface area (Å²) < 4.78 is 14.2. The first-order valence-electron chi connectivity index (χ1n) is 4.92. The Morgan fingerprint density at radius 1 is 1.12 bits per heavy atom. The van der Waals surface area contributed by atoms with Crippen molar-refractivity contribution in [3.05, 3.63) is 58.3 Å². The molecule has 2 rings (SSSR count). The van der Waals surface area contributed by atoms with E-state index in [4.69, 9.17) is 5.26 Å². The number of anilines is 2. The molecule has 0 aliphatic rings. The highest BCUT2D eigenvalue weighted by molar-refractivity contribution is 9.10. The standard InChI is InChI=1S/C13H8BrFN2/c14-11-2-1-3-12(15)13(11)17-10-6-4-9(8-16)5-7-10/h1-7,17H. The first kappa shape index (κ1) is 11.6. The summed E-state index contributed by atoms with van der Waals surface area (Å²) in [5.74, 6) is -0.330. The number of rotatable bonds is 2. The van der Waals surface area contributed by atoms with Crippen LogP contribution in [0.2, 0.25) is 0 Å². The van der Waals surface area contributed by atoms with Crippen LogP contribution in [0.25, 0.3) is 0 Å². The summed E-state index contributed by atoms with van der Waals surface area (Å²) in [6.45, 7) is 0. The smallest absolute Gasteiger partial charge is 0.147 e. The van der Waals surface area contributed by atoms with E-state index in [0.29, 0.717) is 15.7 Å². The fourth-order valence-electron chi connectivity index (χ4n) is 1.39. The van der Waals surface area contributed by atoms with Crippen LogP contribution in [0, 0.1) is 17.1 Å². The van der Waals surface area contributed by atoms with Crippen molar-refractivity contribution in [1.29, 1.82) is 5.26 Å². The highest BCUT2D eigenvalue weighted by atomic mass is 79.9. The summed E-state index contributed by atoms with van der Waals surface area (Å²) in [5.41, 5.74) is 1.69. The molecule has 0 amide bonds. The van der Waals surface area contributed by atoms with Crippen LogP contribution in [-0.2, 0) is 0 Å². The Kier molecular flexibility index (Phi) is 3.40. The minimum Gasteiger partial charge on any atom is -0.352 e. The Morgan fingerprint density at radius 2 is 1.82 bits per heavy atom. The molecule has 0 bridgehead atoms. The number of nitrogens with zero attached hydrogens (tertiary/aromatic N) is 1. The zero-order valence-corrected chi connectivity index (χ0v) is 10.3. The molecule has 0 heterocycles. The first-order chi connectivity index (χ1) is 8.20. The average Bonchev–Trinajstić information content (AvgIpc) is 2.35. The van der Waals surface area contributed by atoms with Gasteiger partial charge in [-0.15, -0.1) is 0 Å². The van der Waals surface area contributed by atoms with Gasteiger partial charge in [0.05, 0.1) is 17.3 Å². The van der Waals surface area contributed by atoms with E-state index in [9.17, 15) is 4.39 Å². The summed E-state index contributed by atoms with van der Waals surface area (Å²) in [6.07, 6.45) is 0. The van der Waals surface area contributed by atoms with Crippen LogP contribution in [0.5, 0.6) is 0 Å². The fraction of sp³-hybridized carbons (Fsp3) is 0. The van der Waals surface area contributed by atoms with Gasteiger partial charge >= 0.3 is 0 Å². The zero-order chi connectivity index (χ0) is 12.3. The zero-order valence-electron chi connectivity index (χ0n) is 8.74. The van der Waals surface area contributed by atoms with E-state index < -0.39 is 0 Å². The Balaban J connectivity index is 2.29. The van der Waals surface area contributed by atoms with Crippen molar-refractivity contribution in [2.75, 3.05) is 5.32 Å². The monoisotopic (exact) mass is 290 g/mol. The van der Waals surface area contributed by atoms with Gasteiger partial charge in [0.2, 0.25) is 0 Å². The molecule has 0 spiro atoms. The molecule has 0 aliphatic heterocycles. The van der Waals surface area contributed by atoms with E-state index in [1.165, 1.54) is 6.07 Å². The van der Waals surface area contributed by atoms with Gasteiger partial charge in [0.15, 0.2) is 0 Å². The second kappa shape index (κ2) is 4.98. The summed E-state index contributed by atoms with van der Waals surface area (Å²) >= 11 is 3.28. The number of nitrogens with one attached hydrogen (secondary N) is 1. The van der Waals surface area contributed by atoms with Crippen molar-refractivity contribution in [1.82, 2.24) is 0 Å².